The van der Waals surface area contributed by atoms with Gasteiger partial charge in [0.25, 0.3) is 0 Å². The number of carbonyl (C=O) groups is 1. The molecule has 5 heteroatoms. The molecule has 1 aromatic carbocycles. The maximum absolute atomic E-state index is 10.5. The zero-order chi connectivity index (χ0) is 11.3. The van der Waals surface area contributed by atoms with Crippen molar-refractivity contribution in [2.75, 3.05) is 6.61 Å². The van der Waals surface area contributed by atoms with Crippen LogP contribution in [-0.4, -0.2) is 12.5 Å². The number of carbonyl (C=O) groups excluding carboxylic acids is 1. The van der Waals surface area contributed by atoms with Crippen LogP contribution in [0.25, 0.3) is 0 Å². The van der Waals surface area contributed by atoms with E-state index in [2.05, 4.69) is 15.9 Å². The number of benzene rings is 1. The molecule has 0 aromatic heterocycles. The summed E-state index contributed by atoms with van der Waals surface area (Å²) in [5.41, 5.74) is 11.5. The lowest BCUT2D eigenvalue weighted by molar-refractivity contribution is -0.118. The molecular formula is C10H13BrN2O2. The van der Waals surface area contributed by atoms with E-state index in [1.165, 1.54) is 0 Å². The van der Waals surface area contributed by atoms with Gasteiger partial charge in [-0.15, -0.1) is 0 Å². The third-order valence-electron chi connectivity index (χ3n) is 1.84. The normalized spacial score (nSPS) is 10.0. The molecule has 0 fully saturated rings. The number of ether oxygens (including phenoxy) is 1. The first kappa shape index (κ1) is 12.0. The average molecular weight is 273 g/mol. The summed E-state index contributed by atoms with van der Waals surface area (Å²) in [6.45, 7) is 0.774. The highest BCUT2D eigenvalue weighted by Gasteiger charge is 2.02. The Bertz CT molecular complexity index is 355. The zero-order valence-electron chi connectivity index (χ0n) is 8.20. The van der Waals surface area contributed by atoms with Gasteiger partial charge in [0.2, 0.25) is 5.91 Å². The Balaban J connectivity index is 2.58. The standard InChI is InChI=1S/C10H13BrN2O2/c11-8-5-7(6-12)1-2-9(8)15-4-3-10(13)14/h1-2,5H,3-4,6,12H2,(H2,13,14). The first-order valence-corrected chi connectivity index (χ1v) is 5.32. The molecule has 0 unspecified atom stereocenters. The predicted molar refractivity (Wildman–Crippen MR) is 61.3 cm³/mol. The van der Waals surface area contributed by atoms with Crippen LogP contribution in [0.4, 0.5) is 0 Å². The highest BCUT2D eigenvalue weighted by atomic mass is 79.9. The van der Waals surface area contributed by atoms with Crippen molar-refractivity contribution in [2.45, 2.75) is 13.0 Å². The SMILES string of the molecule is NCc1ccc(OCCC(N)=O)c(Br)c1. The largest absolute Gasteiger partial charge is 0.492 e. The summed E-state index contributed by atoms with van der Waals surface area (Å²) in [5.74, 6) is 0.318. The summed E-state index contributed by atoms with van der Waals surface area (Å²) in [4.78, 5) is 10.5. The fourth-order valence-corrected chi connectivity index (χ4v) is 1.59. The Morgan fingerprint density at radius 3 is 2.73 bits per heavy atom. The molecule has 0 aliphatic heterocycles. The summed E-state index contributed by atoms with van der Waals surface area (Å²) in [6, 6.07) is 5.58. The van der Waals surface area contributed by atoms with Crippen molar-refractivity contribution in [3.8, 4) is 5.75 Å². The molecule has 0 bridgehead atoms. The first-order chi connectivity index (χ1) is 7.13. The number of amides is 1. The van der Waals surface area contributed by atoms with Crippen molar-refractivity contribution < 1.29 is 9.53 Å². The smallest absolute Gasteiger partial charge is 0.220 e. The van der Waals surface area contributed by atoms with Gasteiger partial charge in [-0.1, -0.05) is 6.07 Å². The van der Waals surface area contributed by atoms with Crippen molar-refractivity contribution in [3.63, 3.8) is 0 Å². The van der Waals surface area contributed by atoms with E-state index in [-0.39, 0.29) is 18.9 Å². The van der Waals surface area contributed by atoms with Gasteiger partial charge in [0.05, 0.1) is 17.5 Å². The maximum Gasteiger partial charge on any atom is 0.220 e. The summed E-state index contributed by atoms with van der Waals surface area (Å²) >= 11 is 3.36. The van der Waals surface area contributed by atoms with Gasteiger partial charge in [-0.05, 0) is 33.6 Å². The summed E-state index contributed by atoms with van der Waals surface area (Å²) in [6.07, 6.45) is 0.213. The van der Waals surface area contributed by atoms with Crippen LogP contribution in [0.2, 0.25) is 0 Å². The molecule has 0 saturated carbocycles. The van der Waals surface area contributed by atoms with E-state index in [0.29, 0.717) is 12.3 Å². The van der Waals surface area contributed by atoms with Crippen LogP contribution in [0.5, 0.6) is 5.75 Å². The molecule has 1 rings (SSSR count). The lowest BCUT2D eigenvalue weighted by Crippen LogP contribution is -2.14. The summed E-state index contributed by atoms with van der Waals surface area (Å²) in [7, 11) is 0. The fourth-order valence-electron chi connectivity index (χ4n) is 1.05. The van der Waals surface area contributed by atoms with E-state index in [1.54, 1.807) is 0 Å². The second-order valence-electron chi connectivity index (χ2n) is 3.03. The summed E-state index contributed by atoms with van der Waals surface area (Å²) < 4.78 is 6.19. The molecule has 15 heavy (non-hydrogen) atoms. The molecule has 1 aromatic rings. The number of hydrogen-bond donors (Lipinski definition) is 2. The van der Waals surface area contributed by atoms with Crippen LogP contribution in [0, 0.1) is 0 Å². The van der Waals surface area contributed by atoms with Gasteiger partial charge < -0.3 is 16.2 Å². The second kappa shape index (κ2) is 5.72. The Labute approximate surface area is 96.7 Å². The Hall–Kier alpha value is -1.07. The van der Waals surface area contributed by atoms with E-state index in [4.69, 9.17) is 16.2 Å². The average Bonchev–Trinajstić information content (AvgIpc) is 2.20. The lowest BCUT2D eigenvalue weighted by Gasteiger charge is -2.08. The number of nitrogens with two attached hydrogens (primary N) is 2. The third-order valence-corrected chi connectivity index (χ3v) is 2.46. The van der Waals surface area contributed by atoms with Crippen LogP contribution < -0.4 is 16.2 Å². The van der Waals surface area contributed by atoms with E-state index >= 15 is 0 Å². The molecule has 0 heterocycles. The molecule has 4 N–H and O–H groups in total. The topological polar surface area (TPSA) is 78.3 Å². The van der Waals surface area contributed by atoms with Crippen LogP contribution in [0.3, 0.4) is 0 Å². The Morgan fingerprint density at radius 2 is 2.20 bits per heavy atom. The van der Waals surface area contributed by atoms with Crippen LogP contribution >= 0.6 is 15.9 Å². The first-order valence-electron chi connectivity index (χ1n) is 4.53. The molecule has 0 saturated heterocycles. The minimum absolute atomic E-state index is 0.213. The van der Waals surface area contributed by atoms with Crippen molar-refractivity contribution in [3.05, 3.63) is 28.2 Å². The number of rotatable bonds is 5. The van der Waals surface area contributed by atoms with E-state index in [9.17, 15) is 4.79 Å². The maximum atomic E-state index is 10.5. The predicted octanol–water partition coefficient (Wildman–Crippen LogP) is 1.16. The molecule has 82 valence electrons. The van der Waals surface area contributed by atoms with Gasteiger partial charge >= 0.3 is 0 Å². The van der Waals surface area contributed by atoms with Crippen molar-refractivity contribution in [1.29, 1.82) is 0 Å². The van der Waals surface area contributed by atoms with Gasteiger partial charge in [0.15, 0.2) is 0 Å². The highest BCUT2D eigenvalue weighted by molar-refractivity contribution is 9.10. The number of halogens is 1. The van der Waals surface area contributed by atoms with Crippen LogP contribution in [0.15, 0.2) is 22.7 Å². The second-order valence-corrected chi connectivity index (χ2v) is 3.89. The van der Waals surface area contributed by atoms with Crippen molar-refractivity contribution >= 4 is 21.8 Å². The molecule has 0 atom stereocenters. The molecule has 0 aliphatic rings. The fraction of sp³-hybridized carbons (Fsp3) is 0.300. The molecule has 0 spiro atoms. The van der Waals surface area contributed by atoms with Gasteiger partial charge in [-0.2, -0.15) is 0 Å². The molecule has 0 aliphatic carbocycles. The minimum Gasteiger partial charge on any atom is -0.492 e. The van der Waals surface area contributed by atoms with Crippen LogP contribution in [0.1, 0.15) is 12.0 Å². The van der Waals surface area contributed by atoms with Crippen LogP contribution in [-0.2, 0) is 11.3 Å². The lowest BCUT2D eigenvalue weighted by atomic mass is 10.2. The van der Waals surface area contributed by atoms with Gasteiger partial charge in [0.1, 0.15) is 5.75 Å². The van der Waals surface area contributed by atoms with Gasteiger partial charge in [-0.3, -0.25) is 4.79 Å². The monoisotopic (exact) mass is 272 g/mol. The van der Waals surface area contributed by atoms with Crippen molar-refractivity contribution in [2.24, 2.45) is 11.5 Å². The zero-order valence-corrected chi connectivity index (χ0v) is 9.79. The molecule has 1 amide bonds. The molecular weight excluding hydrogens is 260 g/mol. The van der Waals surface area contributed by atoms with E-state index < -0.39 is 0 Å². The minimum atomic E-state index is -0.371. The Morgan fingerprint density at radius 1 is 1.47 bits per heavy atom. The highest BCUT2D eigenvalue weighted by Crippen LogP contribution is 2.25. The molecule has 0 radical (unpaired) electrons. The third kappa shape index (κ3) is 3.89. The quantitative estimate of drug-likeness (QED) is 0.845. The van der Waals surface area contributed by atoms with E-state index in [1.807, 2.05) is 18.2 Å². The van der Waals surface area contributed by atoms with Crippen molar-refractivity contribution in [1.82, 2.24) is 0 Å². The molecule has 4 nitrogen and oxygen atoms in total. The van der Waals surface area contributed by atoms with E-state index in [0.717, 1.165) is 10.0 Å². The van der Waals surface area contributed by atoms with Gasteiger partial charge in [0, 0.05) is 6.54 Å². The number of hydrogen-bond acceptors (Lipinski definition) is 3. The summed E-state index contributed by atoms with van der Waals surface area (Å²) in [5, 5.41) is 0. The van der Waals surface area contributed by atoms with Gasteiger partial charge in [-0.25, -0.2) is 0 Å². The Kier molecular flexibility index (Phi) is 4.58. The number of primary amides is 1.